The minimum Gasteiger partial charge on any atom is -0.389 e. The van der Waals surface area contributed by atoms with Crippen molar-refractivity contribution >= 4 is 11.8 Å². The molecule has 2 rings (SSSR count). The first-order valence-corrected chi connectivity index (χ1v) is 6.86. The molecule has 0 radical (unpaired) electrons. The Hall–Kier alpha value is -0.610. The second-order valence-electron chi connectivity index (χ2n) is 4.30. The van der Waals surface area contributed by atoms with Gasteiger partial charge in [-0.05, 0) is 32.4 Å². The number of aryl methyl sites for hydroxylation is 1. The third kappa shape index (κ3) is 2.55. The molecule has 2 atom stereocenters. The van der Waals surface area contributed by atoms with E-state index in [1.54, 1.807) is 13.1 Å². The average Bonchev–Trinajstić information content (AvgIpc) is 2.29. The molecule has 0 saturated carbocycles. The van der Waals surface area contributed by atoms with E-state index in [9.17, 15) is 5.11 Å². The summed E-state index contributed by atoms with van der Waals surface area (Å²) in [5.41, 5.74) is 1.75. The van der Waals surface area contributed by atoms with Crippen molar-refractivity contribution in [1.29, 1.82) is 0 Å². The van der Waals surface area contributed by atoms with Gasteiger partial charge in [-0.1, -0.05) is 6.42 Å². The Morgan fingerprint density at radius 3 is 2.88 bits per heavy atom. The number of rotatable bonds is 2. The van der Waals surface area contributed by atoms with Crippen molar-refractivity contribution in [1.82, 2.24) is 9.97 Å². The lowest BCUT2D eigenvalue weighted by Crippen LogP contribution is -2.09. The maximum absolute atomic E-state index is 9.52. The number of hydrogen-bond acceptors (Lipinski definition) is 4. The Labute approximate surface area is 101 Å². The number of thioether (sulfide) groups is 1. The number of aromatic nitrogens is 2. The van der Waals surface area contributed by atoms with Gasteiger partial charge in [-0.15, -0.1) is 0 Å². The molecule has 0 amide bonds. The van der Waals surface area contributed by atoms with E-state index in [0.717, 1.165) is 17.1 Å². The molecule has 3 nitrogen and oxygen atoms in total. The van der Waals surface area contributed by atoms with Crippen LogP contribution in [0.1, 0.15) is 54.6 Å². The molecule has 0 spiro atoms. The van der Waals surface area contributed by atoms with Crippen molar-refractivity contribution in [3.05, 3.63) is 23.3 Å². The van der Waals surface area contributed by atoms with Crippen LogP contribution in [-0.4, -0.2) is 20.8 Å². The normalized spacial score (nSPS) is 23.1. The molecular formula is C12H18N2OS. The van der Waals surface area contributed by atoms with Crippen LogP contribution in [0.5, 0.6) is 0 Å². The molecule has 1 aromatic heterocycles. The van der Waals surface area contributed by atoms with E-state index < -0.39 is 6.10 Å². The number of nitrogens with zero attached hydrogens (tertiary/aromatic N) is 2. The Morgan fingerprint density at radius 1 is 1.50 bits per heavy atom. The SMILES string of the molecule is Cc1nc(C2CCCCS2)ncc1C(C)O. The summed E-state index contributed by atoms with van der Waals surface area (Å²) < 4.78 is 0. The fourth-order valence-electron chi connectivity index (χ4n) is 2.00. The lowest BCUT2D eigenvalue weighted by Gasteiger charge is -2.20. The molecule has 1 aromatic rings. The van der Waals surface area contributed by atoms with E-state index >= 15 is 0 Å². The predicted molar refractivity (Wildman–Crippen MR) is 66.5 cm³/mol. The maximum Gasteiger partial charge on any atom is 0.141 e. The summed E-state index contributed by atoms with van der Waals surface area (Å²) in [6.07, 6.45) is 5.06. The molecular weight excluding hydrogens is 220 g/mol. The molecule has 1 N–H and O–H groups in total. The van der Waals surface area contributed by atoms with Crippen LogP contribution in [-0.2, 0) is 0 Å². The highest BCUT2D eigenvalue weighted by molar-refractivity contribution is 7.99. The van der Waals surface area contributed by atoms with Crippen LogP contribution in [0.4, 0.5) is 0 Å². The average molecular weight is 238 g/mol. The minimum absolute atomic E-state index is 0.454. The van der Waals surface area contributed by atoms with E-state index in [1.807, 2.05) is 18.7 Å². The van der Waals surface area contributed by atoms with Crippen molar-refractivity contribution in [2.24, 2.45) is 0 Å². The number of hydrogen-bond donors (Lipinski definition) is 1. The number of aliphatic hydroxyl groups excluding tert-OH is 1. The molecule has 1 saturated heterocycles. The Bertz CT molecular complexity index is 362. The first kappa shape index (κ1) is 11.9. The van der Waals surface area contributed by atoms with Crippen LogP contribution in [0.3, 0.4) is 0 Å². The summed E-state index contributed by atoms with van der Waals surface area (Å²) in [7, 11) is 0. The van der Waals surface area contributed by atoms with Gasteiger partial charge in [0.1, 0.15) is 5.82 Å². The summed E-state index contributed by atoms with van der Waals surface area (Å²) in [4.78, 5) is 8.92. The third-order valence-electron chi connectivity index (χ3n) is 2.95. The molecule has 88 valence electrons. The van der Waals surface area contributed by atoms with Gasteiger partial charge in [0.25, 0.3) is 0 Å². The molecule has 1 aliphatic rings. The zero-order valence-electron chi connectivity index (χ0n) is 9.81. The molecule has 0 aliphatic carbocycles. The van der Waals surface area contributed by atoms with Crippen LogP contribution in [0.25, 0.3) is 0 Å². The lowest BCUT2D eigenvalue weighted by molar-refractivity contribution is 0.197. The van der Waals surface area contributed by atoms with Crippen molar-refractivity contribution in [3.63, 3.8) is 0 Å². The standard InChI is InChI=1S/C12H18N2OS/c1-8-10(9(2)15)7-13-12(14-8)11-5-3-4-6-16-11/h7,9,11,15H,3-6H2,1-2H3. The van der Waals surface area contributed by atoms with Crippen molar-refractivity contribution in [3.8, 4) is 0 Å². The quantitative estimate of drug-likeness (QED) is 0.860. The van der Waals surface area contributed by atoms with E-state index in [4.69, 9.17) is 0 Å². The first-order valence-electron chi connectivity index (χ1n) is 5.81. The molecule has 4 heteroatoms. The molecule has 0 bridgehead atoms. The molecule has 2 heterocycles. The van der Waals surface area contributed by atoms with Gasteiger partial charge in [-0.3, -0.25) is 0 Å². The second kappa shape index (κ2) is 5.15. The van der Waals surface area contributed by atoms with Crippen molar-refractivity contribution in [2.45, 2.75) is 44.5 Å². The van der Waals surface area contributed by atoms with Crippen LogP contribution in [0.2, 0.25) is 0 Å². The summed E-state index contributed by atoms with van der Waals surface area (Å²) in [5.74, 6) is 2.15. The summed E-state index contributed by atoms with van der Waals surface area (Å²) in [6, 6.07) is 0. The zero-order chi connectivity index (χ0) is 11.5. The maximum atomic E-state index is 9.52. The Kier molecular flexibility index (Phi) is 3.82. The van der Waals surface area contributed by atoms with Crippen LogP contribution < -0.4 is 0 Å². The Balaban J connectivity index is 2.19. The predicted octanol–water partition coefficient (Wildman–Crippen LogP) is 2.80. The van der Waals surface area contributed by atoms with Gasteiger partial charge < -0.3 is 5.11 Å². The minimum atomic E-state index is -0.479. The van der Waals surface area contributed by atoms with E-state index in [2.05, 4.69) is 9.97 Å². The monoisotopic (exact) mass is 238 g/mol. The van der Waals surface area contributed by atoms with Crippen molar-refractivity contribution in [2.75, 3.05) is 5.75 Å². The first-order chi connectivity index (χ1) is 7.68. The molecule has 0 aromatic carbocycles. The topological polar surface area (TPSA) is 46.0 Å². The van der Waals surface area contributed by atoms with Gasteiger partial charge in [-0.2, -0.15) is 11.8 Å². The molecule has 1 aliphatic heterocycles. The second-order valence-corrected chi connectivity index (χ2v) is 5.61. The largest absolute Gasteiger partial charge is 0.389 e. The smallest absolute Gasteiger partial charge is 0.141 e. The molecule has 16 heavy (non-hydrogen) atoms. The Morgan fingerprint density at radius 2 is 2.31 bits per heavy atom. The lowest BCUT2D eigenvalue weighted by atomic mass is 10.1. The summed E-state index contributed by atoms with van der Waals surface area (Å²) in [5, 5.41) is 9.97. The van der Waals surface area contributed by atoms with Gasteiger partial charge in [0, 0.05) is 17.5 Å². The molecule has 1 fully saturated rings. The van der Waals surface area contributed by atoms with Crippen molar-refractivity contribution < 1.29 is 5.11 Å². The van der Waals surface area contributed by atoms with E-state index in [0.29, 0.717) is 5.25 Å². The van der Waals surface area contributed by atoms with E-state index in [-0.39, 0.29) is 0 Å². The third-order valence-corrected chi connectivity index (χ3v) is 4.33. The van der Waals surface area contributed by atoms with Crippen LogP contribution in [0.15, 0.2) is 6.20 Å². The van der Waals surface area contributed by atoms with Gasteiger partial charge >= 0.3 is 0 Å². The summed E-state index contributed by atoms with van der Waals surface area (Å²) >= 11 is 1.95. The highest BCUT2D eigenvalue weighted by atomic mass is 32.2. The van der Waals surface area contributed by atoms with Crippen LogP contribution >= 0.6 is 11.8 Å². The fraction of sp³-hybridized carbons (Fsp3) is 0.667. The van der Waals surface area contributed by atoms with Crippen LogP contribution in [0, 0.1) is 6.92 Å². The molecule has 2 unspecified atom stereocenters. The van der Waals surface area contributed by atoms with Gasteiger partial charge in [0.05, 0.1) is 11.4 Å². The zero-order valence-corrected chi connectivity index (χ0v) is 10.6. The number of aliphatic hydroxyl groups is 1. The highest BCUT2D eigenvalue weighted by Crippen LogP contribution is 2.36. The van der Waals surface area contributed by atoms with Gasteiger partial charge in [0.2, 0.25) is 0 Å². The highest BCUT2D eigenvalue weighted by Gasteiger charge is 2.19. The van der Waals surface area contributed by atoms with Gasteiger partial charge in [-0.25, -0.2) is 9.97 Å². The van der Waals surface area contributed by atoms with E-state index in [1.165, 1.54) is 25.0 Å². The van der Waals surface area contributed by atoms with Gasteiger partial charge in [0.15, 0.2) is 0 Å². The fourth-order valence-corrected chi connectivity index (χ4v) is 3.26. The summed E-state index contributed by atoms with van der Waals surface area (Å²) in [6.45, 7) is 3.70.